The SMILES string of the molecule is COC(=O)[C@H](NC(=O)OCc1ccccc1)C(=O)N(CCCOCCOCCOCCCNC(=O)OC(C)(C)C)Cc1cc(C(=O)OC(C)(C)C)ccc1F. The Bertz CT molecular complexity index is 1510. The van der Waals surface area contributed by atoms with Crippen molar-refractivity contribution in [1.29, 1.82) is 0 Å². The first kappa shape index (κ1) is 46.4. The quantitative estimate of drug-likeness (QED) is 0.0715. The number of alkyl carbamates (subject to hydrolysis) is 2. The summed E-state index contributed by atoms with van der Waals surface area (Å²) < 4.78 is 52.4. The van der Waals surface area contributed by atoms with E-state index in [4.69, 9.17) is 33.2 Å². The number of benzene rings is 2. The summed E-state index contributed by atoms with van der Waals surface area (Å²) in [5.41, 5.74) is -0.640. The lowest BCUT2D eigenvalue weighted by molar-refractivity contribution is -0.150. The van der Waals surface area contributed by atoms with Crippen LogP contribution in [-0.2, 0) is 55.9 Å². The molecule has 0 fully saturated rings. The predicted molar refractivity (Wildman–Crippen MR) is 198 cm³/mol. The summed E-state index contributed by atoms with van der Waals surface area (Å²) in [6.07, 6.45) is -0.660. The van der Waals surface area contributed by atoms with Gasteiger partial charge in [0.05, 0.1) is 39.1 Å². The molecule has 0 aliphatic rings. The van der Waals surface area contributed by atoms with E-state index < -0.39 is 53.1 Å². The van der Waals surface area contributed by atoms with Crippen LogP contribution < -0.4 is 10.6 Å². The van der Waals surface area contributed by atoms with E-state index in [0.29, 0.717) is 38.3 Å². The number of halogens is 1. The Hall–Kier alpha value is -4.80. The fourth-order valence-electron chi connectivity index (χ4n) is 4.62. The van der Waals surface area contributed by atoms with Crippen LogP contribution in [0.15, 0.2) is 48.5 Å². The number of nitrogens with one attached hydrogen (secondary N) is 2. The second-order valence-electron chi connectivity index (χ2n) is 14.2. The number of carbonyl (C=O) groups excluding carboxylic acids is 5. The number of hydrogen-bond donors (Lipinski definition) is 2. The van der Waals surface area contributed by atoms with E-state index in [-0.39, 0.29) is 57.1 Å². The van der Waals surface area contributed by atoms with Gasteiger partial charge in [-0.2, -0.15) is 0 Å². The van der Waals surface area contributed by atoms with Gasteiger partial charge in [-0.15, -0.1) is 0 Å². The van der Waals surface area contributed by atoms with Gasteiger partial charge < -0.3 is 43.4 Å². The molecular formula is C39H56FN3O12. The monoisotopic (exact) mass is 777 g/mol. The van der Waals surface area contributed by atoms with Crippen LogP contribution in [0.5, 0.6) is 0 Å². The van der Waals surface area contributed by atoms with Gasteiger partial charge in [0.2, 0.25) is 6.04 Å². The Morgan fingerprint density at radius 3 is 1.96 bits per heavy atom. The van der Waals surface area contributed by atoms with E-state index >= 15 is 4.39 Å². The standard InChI is InChI=1S/C39H56FN3O12/c1-38(2,3)54-34(45)29-15-16-31(40)30(25-29)26-43(33(44)32(35(46)49-7)42-37(48)53-27-28-13-9-8-10-14-28)18-12-20-51-22-24-52-23-21-50-19-11-17-41-36(47)55-39(4,5)6/h8-10,13-16,25,32H,11-12,17-24,26-27H2,1-7H3,(H,41,47)(H,42,48)/t32-/m1/s1. The highest BCUT2D eigenvalue weighted by Crippen LogP contribution is 2.18. The van der Waals surface area contributed by atoms with Gasteiger partial charge in [-0.1, -0.05) is 30.3 Å². The normalized spacial score (nSPS) is 11.9. The van der Waals surface area contributed by atoms with Gasteiger partial charge in [-0.3, -0.25) is 10.1 Å². The second-order valence-corrected chi connectivity index (χ2v) is 14.2. The van der Waals surface area contributed by atoms with Gasteiger partial charge >= 0.3 is 24.1 Å². The molecule has 3 amide bonds. The van der Waals surface area contributed by atoms with Gasteiger partial charge in [0, 0.05) is 38.4 Å². The number of esters is 2. The highest BCUT2D eigenvalue weighted by Gasteiger charge is 2.34. The van der Waals surface area contributed by atoms with Crippen LogP contribution in [0.25, 0.3) is 0 Å². The molecule has 0 bridgehead atoms. The largest absolute Gasteiger partial charge is 0.467 e. The lowest BCUT2D eigenvalue weighted by Crippen LogP contribution is -2.53. The van der Waals surface area contributed by atoms with E-state index in [1.165, 1.54) is 12.1 Å². The zero-order chi connectivity index (χ0) is 40.9. The average molecular weight is 778 g/mol. The van der Waals surface area contributed by atoms with Gasteiger partial charge in [0.15, 0.2) is 0 Å². The van der Waals surface area contributed by atoms with Crippen molar-refractivity contribution >= 4 is 30.0 Å². The highest BCUT2D eigenvalue weighted by atomic mass is 19.1. The molecule has 0 unspecified atom stereocenters. The van der Waals surface area contributed by atoms with E-state index in [2.05, 4.69) is 10.6 Å². The highest BCUT2D eigenvalue weighted by molar-refractivity contribution is 6.04. The number of ether oxygens (including phenoxy) is 7. The molecule has 16 heteroatoms. The van der Waals surface area contributed by atoms with E-state index in [1.807, 2.05) is 0 Å². The molecule has 0 saturated heterocycles. The minimum absolute atomic E-state index is 0.0252. The summed E-state index contributed by atoms with van der Waals surface area (Å²) in [4.78, 5) is 64.9. The molecule has 0 spiro atoms. The van der Waals surface area contributed by atoms with Gasteiger partial charge in [-0.25, -0.2) is 23.6 Å². The summed E-state index contributed by atoms with van der Waals surface area (Å²) in [6.45, 7) is 12.2. The van der Waals surface area contributed by atoms with Crippen LogP contribution in [0.2, 0.25) is 0 Å². The van der Waals surface area contributed by atoms with Crippen molar-refractivity contribution in [3.63, 3.8) is 0 Å². The summed E-state index contributed by atoms with van der Waals surface area (Å²) in [6, 6.07) is 10.6. The fraction of sp³-hybridized carbons (Fsp3) is 0.564. The molecule has 2 rings (SSSR count). The average Bonchev–Trinajstić information content (AvgIpc) is 3.11. The number of methoxy groups -OCH3 is 1. The molecule has 0 aliphatic heterocycles. The van der Waals surface area contributed by atoms with Crippen LogP contribution in [0.4, 0.5) is 14.0 Å². The third kappa shape index (κ3) is 19.9. The zero-order valence-corrected chi connectivity index (χ0v) is 32.9. The van der Waals surface area contributed by atoms with Crippen molar-refractivity contribution in [2.75, 3.05) is 59.8 Å². The van der Waals surface area contributed by atoms with Crippen LogP contribution in [0.1, 0.15) is 75.9 Å². The fourth-order valence-corrected chi connectivity index (χ4v) is 4.62. The maximum Gasteiger partial charge on any atom is 0.408 e. The van der Waals surface area contributed by atoms with E-state index in [9.17, 15) is 24.0 Å². The van der Waals surface area contributed by atoms with E-state index in [0.717, 1.165) is 18.1 Å². The third-order valence-corrected chi connectivity index (χ3v) is 7.11. The molecule has 2 N–H and O–H groups in total. The van der Waals surface area contributed by atoms with Crippen molar-refractivity contribution in [2.24, 2.45) is 0 Å². The number of nitrogens with zero attached hydrogens (tertiary/aromatic N) is 1. The molecule has 2 aromatic carbocycles. The Morgan fingerprint density at radius 1 is 0.764 bits per heavy atom. The maximum absolute atomic E-state index is 15.1. The first-order valence-electron chi connectivity index (χ1n) is 18.0. The summed E-state index contributed by atoms with van der Waals surface area (Å²) in [7, 11) is 1.06. The van der Waals surface area contributed by atoms with E-state index in [1.54, 1.807) is 71.9 Å². The molecule has 0 saturated carbocycles. The second kappa shape index (κ2) is 23.9. The zero-order valence-electron chi connectivity index (χ0n) is 32.9. The molecule has 15 nitrogen and oxygen atoms in total. The minimum atomic E-state index is -1.82. The predicted octanol–water partition coefficient (Wildman–Crippen LogP) is 4.93. The number of hydrogen-bond acceptors (Lipinski definition) is 12. The third-order valence-electron chi connectivity index (χ3n) is 7.11. The Labute approximate surface area is 322 Å². The summed E-state index contributed by atoms with van der Waals surface area (Å²) in [5.74, 6) is -3.35. The molecule has 0 heterocycles. The van der Waals surface area contributed by atoms with Crippen LogP contribution >= 0.6 is 0 Å². The first-order valence-corrected chi connectivity index (χ1v) is 18.0. The number of amides is 3. The van der Waals surface area contributed by atoms with Crippen LogP contribution in [0.3, 0.4) is 0 Å². The van der Waals surface area contributed by atoms with Crippen molar-refractivity contribution in [3.05, 3.63) is 71.0 Å². The van der Waals surface area contributed by atoms with Crippen molar-refractivity contribution in [1.82, 2.24) is 15.5 Å². The van der Waals surface area contributed by atoms with Gasteiger partial charge in [0.25, 0.3) is 5.91 Å². The lowest BCUT2D eigenvalue weighted by Gasteiger charge is -2.27. The molecule has 0 radical (unpaired) electrons. The summed E-state index contributed by atoms with van der Waals surface area (Å²) >= 11 is 0. The maximum atomic E-state index is 15.1. The van der Waals surface area contributed by atoms with Crippen molar-refractivity contribution < 1.29 is 61.5 Å². The molecule has 55 heavy (non-hydrogen) atoms. The van der Waals surface area contributed by atoms with Crippen molar-refractivity contribution in [3.8, 4) is 0 Å². The van der Waals surface area contributed by atoms with Crippen LogP contribution in [0, 0.1) is 5.82 Å². The number of rotatable bonds is 22. The van der Waals surface area contributed by atoms with Gasteiger partial charge in [-0.05, 0) is 78.1 Å². The molecule has 2 aromatic rings. The molecule has 0 aliphatic carbocycles. The topological polar surface area (TPSA) is 177 Å². The van der Waals surface area contributed by atoms with Crippen LogP contribution in [-0.4, -0.2) is 112 Å². The smallest absolute Gasteiger partial charge is 0.408 e. The summed E-state index contributed by atoms with van der Waals surface area (Å²) in [5, 5.41) is 4.92. The molecular weight excluding hydrogens is 721 g/mol. The molecule has 306 valence electrons. The number of carbonyl (C=O) groups is 5. The van der Waals surface area contributed by atoms with Gasteiger partial charge in [0.1, 0.15) is 23.6 Å². The van der Waals surface area contributed by atoms with Crippen molar-refractivity contribution in [2.45, 2.75) is 84.8 Å². The molecule has 0 aromatic heterocycles. The Kier molecular flexibility index (Phi) is 20.1. The Balaban J connectivity index is 1.95. The first-order chi connectivity index (χ1) is 26.0. The Morgan fingerprint density at radius 2 is 1.36 bits per heavy atom. The molecule has 1 atom stereocenters. The lowest BCUT2D eigenvalue weighted by atomic mass is 10.1. The minimum Gasteiger partial charge on any atom is -0.467 e.